The van der Waals surface area contributed by atoms with Crippen LogP contribution in [0.3, 0.4) is 0 Å². The minimum Gasteiger partial charge on any atom is -0.362 e. The van der Waals surface area contributed by atoms with E-state index in [1.165, 1.54) is 0 Å². The van der Waals surface area contributed by atoms with E-state index in [2.05, 4.69) is 11.8 Å². The van der Waals surface area contributed by atoms with Crippen molar-refractivity contribution in [1.82, 2.24) is 9.80 Å². The van der Waals surface area contributed by atoms with Crippen LogP contribution in [-0.4, -0.2) is 66.8 Å². The molecule has 0 aliphatic carbocycles. The molecule has 2 unspecified atom stereocenters. The summed E-state index contributed by atoms with van der Waals surface area (Å²) in [6.07, 6.45) is 0. The monoisotopic (exact) mass is 301 g/mol. The Bertz CT molecular complexity index is 601. The van der Waals surface area contributed by atoms with Gasteiger partial charge in [-0.05, 0) is 25.6 Å². The lowest BCUT2D eigenvalue weighted by atomic mass is 9.97. The summed E-state index contributed by atoms with van der Waals surface area (Å²) in [6.45, 7) is 7.10. The highest BCUT2D eigenvalue weighted by Gasteiger charge is 2.48. The Kier molecular flexibility index (Phi) is 3.91. The number of Topliss-reactive ketones (excluding diaryl/α,β-unsaturated/α-hetero) is 1. The molecular weight excluding hydrogens is 278 g/mol. The maximum atomic E-state index is 12.9. The van der Waals surface area contributed by atoms with Gasteiger partial charge in [0.2, 0.25) is 5.91 Å². The summed E-state index contributed by atoms with van der Waals surface area (Å²) in [7, 11) is 1.92. The lowest BCUT2D eigenvalue weighted by Gasteiger charge is -2.43. The first-order chi connectivity index (χ1) is 10.6. The van der Waals surface area contributed by atoms with E-state index in [0.717, 1.165) is 30.9 Å². The molecule has 2 heterocycles. The second-order valence-electron chi connectivity index (χ2n) is 5.93. The van der Waals surface area contributed by atoms with Crippen LogP contribution >= 0.6 is 0 Å². The summed E-state index contributed by atoms with van der Waals surface area (Å²) >= 11 is 0. The Morgan fingerprint density at radius 1 is 1.05 bits per heavy atom. The van der Waals surface area contributed by atoms with Crippen molar-refractivity contribution < 1.29 is 9.59 Å². The fraction of sp³-hybridized carbons (Fsp3) is 0.529. The molecular formula is C17H23N3O2. The molecule has 0 bridgehead atoms. The van der Waals surface area contributed by atoms with Crippen molar-refractivity contribution >= 4 is 17.4 Å². The molecule has 1 aromatic carbocycles. The first kappa shape index (κ1) is 15.0. The number of fused-ring (bicyclic) bond motifs is 1. The fourth-order valence-electron chi connectivity index (χ4n) is 3.67. The Labute approximate surface area is 131 Å². The molecule has 2 atom stereocenters. The van der Waals surface area contributed by atoms with Crippen LogP contribution in [0.25, 0.3) is 0 Å². The number of ketones is 1. The first-order valence-corrected chi connectivity index (χ1v) is 7.99. The van der Waals surface area contributed by atoms with Gasteiger partial charge in [-0.25, -0.2) is 0 Å². The highest BCUT2D eigenvalue weighted by atomic mass is 16.2. The van der Waals surface area contributed by atoms with E-state index in [1.54, 1.807) is 0 Å². The fourth-order valence-corrected chi connectivity index (χ4v) is 3.67. The first-order valence-electron chi connectivity index (χ1n) is 7.99. The summed E-state index contributed by atoms with van der Waals surface area (Å²) < 4.78 is 0. The molecule has 0 saturated carbocycles. The second kappa shape index (κ2) is 5.72. The van der Waals surface area contributed by atoms with Gasteiger partial charge in [0.25, 0.3) is 0 Å². The van der Waals surface area contributed by atoms with E-state index < -0.39 is 6.04 Å². The zero-order valence-corrected chi connectivity index (χ0v) is 13.5. The van der Waals surface area contributed by atoms with Crippen LogP contribution in [0, 0.1) is 0 Å². The van der Waals surface area contributed by atoms with E-state index in [-0.39, 0.29) is 17.7 Å². The summed E-state index contributed by atoms with van der Waals surface area (Å²) in [5.74, 6) is 0.140. The van der Waals surface area contributed by atoms with Crippen molar-refractivity contribution in [2.45, 2.75) is 25.9 Å². The zero-order valence-electron chi connectivity index (χ0n) is 13.5. The van der Waals surface area contributed by atoms with Crippen molar-refractivity contribution in [2.24, 2.45) is 0 Å². The Hall–Kier alpha value is -1.88. The maximum Gasteiger partial charge on any atom is 0.242 e. The second-order valence-corrected chi connectivity index (χ2v) is 5.93. The van der Waals surface area contributed by atoms with Crippen molar-refractivity contribution in [3.8, 4) is 0 Å². The number of para-hydroxylation sites is 1. The number of hydrogen-bond donors (Lipinski definition) is 0. The SMILES string of the molecule is CCN1CCN(CC)C(C2C(=O)c3ccccc3N2C)C1=O. The number of carbonyl (C=O) groups excluding carboxylic acids is 2. The van der Waals surface area contributed by atoms with E-state index in [1.807, 2.05) is 48.0 Å². The average Bonchev–Trinajstić information content (AvgIpc) is 2.79. The molecule has 3 rings (SSSR count). The number of hydrogen-bond acceptors (Lipinski definition) is 4. The molecule has 0 aromatic heterocycles. The molecule has 0 spiro atoms. The number of nitrogens with zero attached hydrogens (tertiary/aromatic N) is 3. The standard InChI is InChI=1S/C17H23N3O2/c1-4-19-10-11-20(5-2)17(22)15(19)14-16(21)12-8-6-7-9-13(12)18(14)3/h6-9,14-15H,4-5,10-11H2,1-3H3. The molecule has 1 amide bonds. The van der Waals surface area contributed by atoms with Gasteiger partial charge in [0, 0.05) is 37.9 Å². The molecule has 2 aliphatic rings. The van der Waals surface area contributed by atoms with Crippen molar-refractivity contribution in [1.29, 1.82) is 0 Å². The van der Waals surface area contributed by atoms with Crippen LogP contribution in [0.2, 0.25) is 0 Å². The number of benzene rings is 1. The van der Waals surface area contributed by atoms with Gasteiger partial charge in [-0.15, -0.1) is 0 Å². The minimum atomic E-state index is -0.417. The van der Waals surface area contributed by atoms with E-state index in [9.17, 15) is 9.59 Å². The van der Waals surface area contributed by atoms with Crippen LogP contribution in [0.5, 0.6) is 0 Å². The van der Waals surface area contributed by atoms with Gasteiger partial charge in [0.1, 0.15) is 12.1 Å². The van der Waals surface area contributed by atoms with Gasteiger partial charge >= 0.3 is 0 Å². The van der Waals surface area contributed by atoms with Crippen molar-refractivity contribution in [3.63, 3.8) is 0 Å². The van der Waals surface area contributed by atoms with Gasteiger partial charge in [-0.2, -0.15) is 0 Å². The number of carbonyl (C=O) groups is 2. The average molecular weight is 301 g/mol. The molecule has 0 radical (unpaired) electrons. The number of rotatable bonds is 3. The number of likely N-dealkylation sites (N-methyl/N-ethyl adjacent to an activating group) is 3. The lowest BCUT2D eigenvalue weighted by molar-refractivity contribution is -0.141. The molecule has 22 heavy (non-hydrogen) atoms. The normalized spacial score (nSPS) is 25.8. The molecule has 1 fully saturated rings. The number of piperazine rings is 1. The van der Waals surface area contributed by atoms with Crippen molar-refractivity contribution in [2.75, 3.05) is 38.1 Å². The van der Waals surface area contributed by atoms with E-state index in [0.29, 0.717) is 6.54 Å². The molecule has 2 aliphatic heterocycles. The highest BCUT2D eigenvalue weighted by Crippen LogP contribution is 2.34. The predicted molar refractivity (Wildman–Crippen MR) is 86.3 cm³/mol. The smallest absolute Gasteiger partial charge is 0.242 e. The summed E-state index contributed by atoms with van der Waals surface area (Å²) in [5, 5.41) is 0. The molecule has 1 saturated heterocycles. The molecule has 5 heteroatoms. The van der Waals surface area contributed by atoms with Gasteiger partial charge in [0.05, 0.1) is 0 Å². The molecule has 5 nitrogen and oxygen atoms in total. The van der Waals surface area contributed by atoms with Crippen LogP contribution in [0.4, 0.5) is 5.69 Å². The van der Waals surface area contributed by atoms with Crippen LogP contribution in [-0.2, 0) is 4.79 Å². The van der Waals surface area contributed by atoms with Crippen LogP contribution < -0.4 is 4.90 Å². The van der Waals surface area contributed by atoms with Gasteiger partial charge in [-0.1, -0.05) is 19.1 Å². The minimum absolute atomic E-state index is 0.0628. The topological polar surface area (TPSA) is 43.9 Å². The van der Waals surface area contributed by atoms with Gasteiger partial charge < -0.3 is 9.80 Å². The summed E-state index contributed by atoms with van der Waals surface area (Å²) in [4.78, 5) is 31.7. The largest absolute Gasteiger partial charge is 0.362 e. The molecule has 1 aromatic rings. The van der Waals surface area contributed by atoms with E-state index in [4.69, 9.17) is 0 Å². The molecule has 118 valence electrons. The summed E-state index contributed by atoms with van der Waals surface area (Å²) in [6, 6.07) is 6.82. The van der Waals surface area contributed by atoms with Gasteiger partial charge in [-0.3, -0.25) is 14.5 Å². The maximum absolute atomic E-state index is 12.9. The van der Waals surface area contributed by atoms with Crippen molar-refractivity contribution in [3.05, 3.63) is 29.8 Å². The van der Waals surface area contributed by atoms with Crippen LogP contribution in [0.1, 0.15) is 24.2 Å². The Balaban J connectivity index is 1.98. The lowest BCUT2D eigenvalue weighted by Crippen LogP contribution is -2.64. The predicted octanol–water partition coefficient (Wildman–Crippen LogP) is 1.24. The Morgan fingerprint density at radius 3 is 2.41 bits per heavy atom. The quantitative estimate of drug-likeness (QED) is 0.842. The third-order valence-electron chi connectivity index (χ3n) is 4.94. The number of amides is 1. The Morgan fingerprint density at radius 2 is 1.77 bits per heavy atom. The zero-order chi connectivity index (χ0) is 15.9. The highest BCUT2D eigenvalue weighted by molar-refractivity contribution is 6.13. The van der Waals surface area contributed by atoms with E-state index >= 15 is 0 Å². The third kappa shape index (κ3) is 2.11. The molecule has 0 N–H and O–H groups in total. The van der Waals surface area contributed by atoms with Crippen LogP contribution in [0.15, 0.2) is 24.3 Å². The summed E-state index contributed by atoms with van der Waals surface area (Å²) in [5.41, 5.74) is 1.66. The van der Waals surface area contributed by atoms with Gasteiger partial charge in [0.15, 0.2) is 5.78 Å². The third-order valence-corrected chi connectivity index (χ3v) is 4.94. The number of anilines is 1.